The smallest absolute Gasteiger partial charge is 0.258 e. The zero-order valence-electron chi connectivity index (χ0n) is 12.3. The normalized spacial score (nSPS) is 25.4. The van der Waals surface area contributed by atoms with Crippen LogP contribution in [-0.2, 0) is 4.79 Å². The molecule has 1 fully saturated rings. The Kier molecular flexibility index (Phi) is 5.65. The van der Waals surface area contributed by atoms with E-state index in [1.54, 1.807) is 0 Å². The van der Waals surface area contributed by atoms with Crippen molar-refractivity contribution in [3.05, 3.63) is 28.7 Å². The van der Waals surface area contributed by atoms with Gasteiger partial charge in [0.15, 0.2) is 6.61 Å². The van der Waals surface area contributed by atoms with Crippen LogP contribution in [-0.4, -0.2) is 29.8 Å². The van der Waals surface area contributed by atoms with E-state index >= 15 is 0 Å². The molecule has 0 unspecified atom stereocenters. The lowest BCUT2D eigenvalue weighted by Crippen LogP contribution is -2.54. The molecule has 0 aromatic heterocycles. The van der Waals surface area contributed by atoms with E-state index in [2.05, 4.69) is 28.2 Å². The molecule has 0 atom stereocenters. The lowest BCUT2D eigenvalue weighted by molar-refractivity contribution is -0.126. The number of benzene rings is 1. The summed E-state index contributed by atoms with van der Waals surface area (Å²) in [5.74, 6) is 1.13. The van der Waals surface area contributed by atoms with Gasteiger partial charge < -0.3 is 15.2 Å². The van der Waals surface area contributed by atoms with Gasteiger partial charge in [-0.05, 0) is 49.8 Å². The van der Waals surface area contributed by atoms with Gasteiger partial charge >= 0.3 is 0 Å². The van der Waals surface area contributed by atoms with Crippen LogP contribution in [0, 0.1) is 5.92 Å². The van der Waals surface area contributed by atoms with E-state index in [1.165, 1.54) is 0 Å². The number of aliphatic hydroxyl groups is 1. The third-order valence-electron chi connectivity index (χ3n) is 4.10. The third kappa shape index (κ3) is 4.71. The van der Waals surface area contributed by atoms with Crippen molar-refractivity contribution in [1.82, 2.24) is 5.32 Å². The van der Waals surface area contributed by atoms with Gasteiger partial charge in [0, 0.05) is 4.47 Å². The molecular weight excluding hydrogens is 334 g/mol. The summed E-state index contributed by atoms with van der Waals surface area (Å²) in [4.78, 5) is 12.1. The minimum absolute atomic E-state index is 0.0116. The van der Waals surface area contributed by atoms with Gasteiger partial charge in [-0.25, -0.2) is 0 Å². The summed E-state index contributed by atoms with van der Waals surface area (Å²) in [5.41, 5.74) is -0.468. The number of hydrogen-bond acceptors (Lipinski definition) is 3. The first-order valence-electron chi connectivity index (χ1n) is 7.33. The van der Waals surface area contributed by atoms with Gasteiger partial charge in [-0.15, -0.1) is 0 Å². The number of rotatable bonds is 5. The van der Waals surface area contributed by atoms with Gasteiger partial charge in [-0.3, -0.25) is 4.79 Å². The molecule has 0 spiro atoms. The topological polar surface area (TPSA) is 58.6 Å². The minimum Gasteiger partial charge on any atom is -0.484 e. The summed E-state index contributed by atoms with van der Waals surface area (Å²) in [6.45, 7) is 2.16. The molecule has 4 nitrogen and oxygen atoms in total. The minimum atomic E-state index is -0.468. The molecule has 0 heterocycles. The van der Waals surface area contributed by atoms with Crippen LogP contribution < -0.4 is 10.1 Å². The molecular formula is C16H22BrNO3. The monoisotopic (exact) mass is 355 g/mol. The van der Waals surface area contributed by atoms with Crippen molar-refractivity contribution in [3.63, 3.8) is 0 Å². The van der Waals surface area contributed by atoms with Gasteiger partial charge in [-0.1, -0.05) is 28.9 Å². The molecule has 0 saturated heterocycles. The number of aliphatic hydroxyl groups excluding tert-OH is 1. The molecule has 0 aliphatic heterocycles. The fourth-order valence-corrected chi connectivity index (χ4v) is 3.05. The summed E-state index contributed by atoms with van der Waals surface area (Å²) < 4.78 is 6.39. The number of ether oxygens (including phenoxy) is 1. The Bertz CT molecular complexity index is 484. The van der Waals surface area contributed by atoms with Crippen LogP contribution in [0.4, 0.5) is 0 Å². The molecule has 2 rings (SSSR count). The van der Waals surface area contributed by atoms with Crippen molar-refractivity contribution in [3.8, 4) is 5.75 Å². The van der Waals surface area contributed by atoms with Crippen molar-refractivity contribution in [1.29, 1.82) is 0 Å². The molecule has 21 heavy (non-hydrogen) atoms. The molecule has 1 aromatic carbocycles. The predicted octanol–water partition coefficient (Wildman–Crippen LogP) is 2.89. The van der Waals surface area contributed by atoms with Gasteiger partial charge in [0.1, 0.15) is 5.75 Å². The first-order chi connectivity index (χ1) is 10.0. The van der Waals surface area contributed by atoms with Crippen molar-refractivity contribution in [2.75, 3.05) is 13.2 Å². The van der Waals surface area contributed by atoms with Crippen molar-refractivity contribution >= 4 is 21.8 Å². The predicted molar refractivity (Wildman–Crippen MR) is 85.2 cm³/mol. The number of halogens is 1. The van der Waals surface area contributed by atoms with Crippen LogP contribution in [0.15, 0.2) is 28.7 Å². The highest BCUT2D eigenvalue weighted by Gasteiger charge is 2.34. The van der Waals surface area contributed by atoms with Crippen molar-refractivity contribution < 1.29 is 14.6 Å². The summed E-state index contributed by atoms with van der Waals surface area (Å²) in [6, 6.07) is 7.38. The maximum Gasteiger partial charge on any atom is 0.258 e. The van der Waals surface area contributed by atoms with E-state index in [0.717, 1.165) is 30.2 Å². The molecule has 2 N–H and O–H groups in total. The van der Waals surface area contributed by atoms with Crippen molar-refractivity contribution in [2.45, 2.75) is 38.1 Å². The highest BCUT2D eigenvalue weighted by atomic mass is 79.9. The third-order valence-corrected chi connectivity index (χ3v) is 4.60. The van der Waals surface area contributed by atoms with E-state index < -0.39 is 5.54 Å². The fourth-order valence-electron chi connectivity index (χ4n) is 2.67. The number of amides is 1. The number of carbonyl (C=O) groups is 1. The zero-order valence-corrected chi connectivity index (χ0v) is 13.9. The number of hydrogen-bond donors (Lipinski definition) is 2. The molecule has 0 radical (unpaired) electrons. The standard InChI is InChI=1S/C16H22BrNO3/c1-12-5-7-16(11-19,8-6-12)18-15(20)10-21-14-4-2-3-13(17)9-14/h2-4,9,12,19H,5-8,10-11H2,1H3,(H,18,20). The van der Waals surface area contributed by atoms with E-state index in [9.17, 15) is 9.90 Å². The Balaban J connectivity index is 1.86. The molecule has 1 amide bonds. The maximum atomic E-state index is 12.1. The Morgan fingerprint density at radius 3 is 2.81 bits per heavy atom. The summed E-state index contributed by atoms with van der Waals surface area (Å²) in [6.07, 6.45) is 3.72. The van der Waals surface area contributed by atoms with E-state index in [4.69, 9.17) is 4.74 Å². The Morgan fingerprint density at radius 2 is 2.19 bits per heavy atom. The summed E-state index contributed by atoms with van der Waals surface area (Å²) >= 11 is 3.36. The lowest BCUT2D eigenvalue weighted by Gasteiger charge is -2.38. The molecule has 5 heteroatoms. The quantitative estimate of drug-likeness (QED) is 0.853. The lowest BCUT2D eigenvalue weighted by atomic mass is 9.77. The van der Waals surface area contributed by atoms with Crippen LogP contribution in [0.2, 0.25) is 0 Å². The molecule has 1 aliphatic rings. The van der Waals surface area contributed by atoms with Gasteiger partial charge in [0.2, 0.25) is 0 Å². The Hall–Kier alpha value is -1.07. The zero-order chi connectivity index (χ0) is 15.3. The summed E-state index contributed by atoms with van der Waals surface area (Å²) in [5, 5.41) is 12.6. The van der Waals surface area contributed by atoms with Crippen LogP contribution in [0.25, 0.3) is 0 Å². The van der Waals surface area contributed by atoms with Crippen molar-refractivity contribution in [2.24, 2.45) is 5.92 Å². The van der Waals surface area contributed by atoms with E-state index in [1.807, 2.05) is 24.3 Å². The second-order valence-electron chi connectivity index (χ2n) is 5.92. The van der Waals surface area contributed by atoms with Gasteiger partial charge in [0.05, 0.1) is 12.1 Å². The summed E-state index contributed by atoms with van der Waals surface area (Å²) in [7, 11) is 0. The maximum absolute atomic E-state index is 12.1. The second kappa shape index (κ2) is 7.27. The van der Waals surface area contributed by atoms with Gasteiger partial charge in [0.25, 0.3) is 5.91 Å². The first-order valence-corrected chi connectivity index (χ1v) is 8.12. The first kappa shape index (κ1) is 16.3. The molecule has 1 aromatic rings. The number of carbonyl (C=O) groups excluding carboxylic acids is 1. The van der Waals surface area contributed by atoms with E-state index in [0.29, 0.717) is 11.7 Å². The molecule has 1 aliphatic carbocycles. The SMILES string of the molecule is CC1CCC(CO)(NC(=O)COc2cccc(Br)c2)CC1. The fraction of sp³-hybridized carbons (Fsp3) is 0.562. The molecule has 0 bridgehead atoms. The molecule has 1 saturated carbocycles. The average molecular weight is 356 g/mol. The van der Waals surface area contributed by atoms with Crippen LogP contribution in [0.3, 0.4) is 0 Å². The Labute approximate surface area is 134 Å². The van der Waals surface area contributed by atoms with E-state index in [-0.39, 0.29) is 19.1 Å². The van der Waals surface area contributed by atoms with Crippen LogP contribution in [0.1, 0.15) is 32.6 Å². The second-order valence-corrected chi connectivity index (χ2v) is 6.83. The van der Waals surface area contributed by atoms with Crippen LogP contribution in [0.5, 0.6) is 5.75 Å². The highest BCUT2D eigenvalue weighted by molar-refractivity contribution is 9.10. The molecule has 116 valence electrons. The highest BCUT2D eigenvalue weighted by Crippen LogP contribution is 2.31. The van der Waals surface area contributed by atoms with Gasteiger partial charge in [-0.2, -0.15) is 0 Å². The number of nitrogens with one attached hydrogen (secondary N) is 1. The largest absolute Gasteiger partial charge is 0.484 e. The van der Waals surface area contributed by atoms with Crippen LogP contribution >= 0.6 is 15.9 Å². The average Bonchev–Trinajstić information content (AvgIpc) is 2.48. The Morgan fingerprint density at radius 1 is 1.48 bits per heavy atom.